The van der Waals surface area contributed by atoms with Crippen LogP contribution in [0.15, 0.2) is 23.3 Å². The predicted molar refractivity (Wildman–Crippen MR) is 89.6 cm³/mol. The predicted octanol–water partition coefficient (Wildman–Crippen LogP) is 0.857. The topological polar surface area (TPSA) is 66.7 Å². The Hall–Kier alpha value is -1.50. The van der Waals surface area contributed by atoms with Gasteiger partial charge in [-0.05, 0) is 31.4 Å². The van der Waals surface area contributed by atoms with Gasteiger partial charge in [0.15, 0.2) is 15.8 Å². The van der Waals surface area contributed by atoms with Crippen LogP contribution in [-0.4, -0.2) is 55.5 Å². The van der Waals surface area contributed by atoms with E-state index in [-0.39, 0.29) is 11.7 Å². The molecule has 6 nitrogen and oxygen atoms in total. The highest BCUT2D eigenvalue weighted by Gasteiger charge is 2.27. The monoisotopic (exact) mass is 326 g/mol. The molecular formula is C15H26N4O2S. The van der Waals surface area contributed by atoms with E-state index in [9.17, 15) is 8.42 Å². The van der Waals surface area contributed by atoms with Gasteiger partial charge >= 0.3 is 0 Å². The third-order valence-corrected chi connectivity index (χ3v) is 5.81. The van der Waals surface area contributed by atoms with Crippen molar-refractivity contribution in [2.24, 2.45) is 18.0 Å². The molecule has 22 heavy (non-hydrogen) atoms. The van der Waals surface area contributed by atoms with Crippen LogP contribution >= 0.6 is 0 Å². The van der Waals surface area contributed by atoms with Crippen molar-refractivity contribution in [1.82, 2.24) is 14.8 Å². The average Bonchev–Trinajstić information content (AvgIpc) is 3.00. The maximum atomic E-state index is 11.5. The molecule has 1 aliphatic heterocycles. The van der Waals surface area contributed by atoms with Gasteiger partial charge in [-0.15, -0.1) is 0 Å². The molecule has 0 amide bonds. The van der Waals surface area contributed by atoms with E-state index < -0.39 is 9.84 Å². The van der Waals surface area contributed by atoms with Crippen molar-refractivity contribution in [3.05, 3.63) is 24.0 Å². The average molecular weight is 326 g/mol. The lowest BCUT2D eigenvalue weighted by molar-refractivity contribution is 0.458. The number of aryl methyl sites for hydroxylation is 1. The minimum atomic E-state index is -2.83. The Kier molecular flexibility index (Phi) is 5.50. The van der Waals surface area contributed by atoms with Gasteiger partial charge in [0.1, 0.15) is 0 Å². The molecule has 0 aliphatic carbocycles. The Labute approximate surface area is 133 Å². The van der Waals surface area contributed by atoms with Gasteiger partial charge in [-0.25, -0.2) is 8.42 Å². The summed E-state index contributed by atoms with van der Waals surface area (Å²) in [6, 6.07) is 4.11. The molecule has 2 heterocycles. The normalized spacial score (nSPS) is 21.0. The van der Waals surface area contributed by atoms with E-state index in [1.165, 1.54) is 5.69 Å². The van der Waals surface area contributed by atoms with E-state index >= 15 is 0 Å². The van der Waals surface area contributed by atoms with Gasteiger partial charge in [-0.1, -0.05) is 0 Å². The lowest BCUT2D eigenvalue weighted by atomic mass is 10.1. The van der Waals surface area contributed by atoms with Crippen molar-refractivity contribution < 1.29 is 8.42 Å². The van der Waals surface area contributed by atoms with Gasteiger partial charge in [0, 0.05) is 39.1 Å². The molecule has 1 aromatic heterocycles. The molecule has 0 radical (unpaired) electrons. The molecule has 0 saturated carbocycles. The van der Waals surface area contributed by atoms with E-state index in [1.54, 1.807) is 0 Å². The van der Waals surface area contributed by atoms with Gasteiger partial charge in [0.25, 0.3) is 0 Å². The Morgan fingerprint density at radius 2 is 2.32 bits per heavy atom. The molecule has 1 fully saturated rings. The van der Waals surface area contributed by atoms with Crippen LogP contribution in [0.3, 0.4) is 0 Å². The van der Waals surface area contributed by atoms with Crippen LogP contribution in [0.4, 0.5) is 0 Å². The molecule has 1 aliphatic rings. The summed E-state index contributed by atoms with van der Waals surface area (Å²) < 4.78 is 25.1. The molecule has 124 valence electrons. The first-order valence-electron chi connectivity index (χ1n) is 7.71. The largest absolute Gasteiger partial charge is 0.357 e. The number of sulfone groups is 1. The van der Waals surface area contributed by atoms with Crippen molar-refractivity contribution in [1.29, 1.82) is 0 Å². The fourth-order valence-corrected chi connectivity index (χ4v) is 4.53. The zero-order valence-corrected chi connectivity index (χ0v) is 14.4. The van der Waals surface area contributed by atoms with Crippen LogP contribution in [0.1, 0.15) is 19.0 Å². The quantitative estimate of drug-likeness (QED) is 0.644. The van der Waals surface area contributed by atoms with E-state index in [1.807, 2.05) is 33.3 Å². The fourth-order valence-electron chi connectivity index (χ4n) is 2.68. The number of guanidine groups is 1. The van der Waals surface area contributed by atoms with Crippen molar-refractivity contribution >= 4 is 15.8 Å². The molecule has 1 aromatic rings. The van der Waals surface area contributed by atoms with Crippen LogP contribution < -0.4 is 5.32 Å². The molecule has 1 atom stereocenters. The van der Waals surface area contributed by atoms with E-state index in [0.29, 0.717) is 12.3 Å². The summed E-state index contributed by atoms with van der Waals surface area (Å²) in [6.07, 6.45) is 2.75. The SMILES string of the molecule is CCNC(=NCC1CCS(=O)(=O)C1)N(C)Cc1cccn1C. The number of aliphatic imine (C=N–C) groups is 1. The molecule has 1 saturated heterocycles. The van der Waals surface area contributed by atoms with Crippen LogP contribution in [0.5, 0.6) is 0 Å². The van der Waals surface area contributed by atoms with Crippen molar-refractivity contribution in [3.63, 3.8) is 0 Å². The van der Waals surface area contributed by atoms with Gasteiger partial charge in [-0.2, -0.15) is 0 Å². The number of aromatic nitrogens is 1. The van der Waals surface area contributed by atoms with Crippen LogP contribution in [0.2, 0.25) is 0 Å². The third kappa shape index (κ3) is 4.50. The number of rotatable bonds is 5. The maximum Gasteiger partial charge on any atom is 0.194 e. The summed E-state index contributed by atoms with van der Waals surface area (Å²) >= 11 is 0. The first-order chi connectivity index (χ1) is 10.4. The first-order valence-corrected chi connectivity index (χ1v) is 9.53. The molecule has 0 bridgehead atoms. The summed E-state index contributed by atoms with van der Waals surface area (Å²) in [4.78, 5) is 6.70. The highest BCUT2D eigenvalue weighted by Crippen LogP contribution is 2.18. The van der Waals surface area contributed by atoms with Crippen LogP contribution in [0, 0.1) is 5.92 Å². The van der Waals surface area contributed by atoms with Gasteiger partial charge < -0.3 is 14.8 Å². The number of hydrogen-bond donors (Lipinski definition) is 1. The van der Waals surface area contributed by atoms with Crippen LogP contribution in [-0.2, 0) is 23.4 Å². The lowest BCUT2D eigenvalue weighted by Gasteiger charge is -2.22. The summed E-state index contributed by atoms with van der Waals surface area (Å²) in [5.41, 5.74) is 1.21. The van der Waals surface area contributed by atoms with Gasteiger partial charge in [-0.3, -0.25) is 4.99 Å². The summed E-state index contributed by atoms with van der Waals surface area (Å²) in [7, 11) is 1.20. The van der Waals surface area contributed by atoms with Crippen molar-refractivity contribution in [2.75, 3.05) is 31.6 Å². The zero-order valence-electron chi connectivity index (χ0n) is 13.6. The summed E-state index contributed by atoms with van der Waals surface area (Å²) in [5, 5.41) is 3.28. The van der Waals surface area contributed by atoms with Crippen LogP contribution in [0.25, 0.3) is 0 Å². The summed E-state index contributed by atoms with van der Waals surface area (Å²) in [5.74, 6) is 1.57. The van der Waals surface area contributed by atoms with Gasteiger partial charge in [0.05, 0.1) is 18.1 Å². The number of nitrogens with zero attached hydrogens (tertiary/aromatic N) is 3. The van der Waals surface area contributed by atoms with Crippen molar-refractivity contribution in [3.8, 4) is 0 Å². The summed E-state index contributed by atoms with van der Waals surface area (Å²) in [6.45, 7) is 4.16. The minimum Gasteiger partial charge on any atom is -0.357 e. The zero-order chi connectivity index (χ0) is 16.2. The molecular weight excluding hydrogens is 300 g/mol. The number of hydrogen-bond acceptors (Lipinski definition) is 3. The molecule has 0 aromatic carbocycles. The highest BCUT2D eigenvalue weighted by molar-refractivity contribution is 7.91. The first kappa shape index (κ1) is 16.9. The third-order valence-electron chi connectivity index (χ3n) is 3.97. The number of nitrogens with one attached hydrogen (secondary N) is 1. The maximum absolute atomic E-state index is 11.5. The molecule has 7 heteroatoms. The second-order valence-electron chi connectivity index (χ2n) is 5.93. The standard InChI is InChI=1S/C15H26N4O2S/c1-4-16-15(17-10-13-7-9-22(20,21)12-13)19(3)11-14-6-5-8-18(14)2/h5-6,8,13H,4,7,9-12H2,1-3H3,(H,16,17). The van der Waals surface area contributed by atoms with E-state index in [2.05, 4.69) is 25.8 Å². The van der Waals surface area contributed by atoms with Gasteiger partial charge in [0.2, 0.25) is 0 Å². The van der Waals surface area contributed by atoms with E-state index in [4.69, 9.17) is 0 Å². The molecule has 0 spiro atoms. The van der Waals surface area contributed by atoms with Crippen molar-refractivity contribution in [2.45, 2.75) is 19.9 Å². The fraction of sp³-hybridized carbons (Fsp3) is 0.667. The second kappa shape index (κ2) is 7.17. The minimum absolute atomic E-state index is 0.155. The lowest BCUT2D eigenvalue weighted by Crippen LogP contribution is -2.39. The second-order valence-corrected chi connectivity index (χ2v) is 8.16. The molecule has 1 unspecified atom stereocenters. The Bertz CT molecular complexity index is 621. The highest BCUT2D eigenvalue weighted by atomic mass is 32.2. The Balaban J connectivity index is 1.99. The van der Waals surface area contributed by atoms with E-state index in [0.717, 1.165) is 25.5 Å². The Morgan fingerprint density at radius 1 is 1.55 bits per heavy atom. The molecule has 2 rings (SSSR count). The Morgan fingerprint density at radius 3 is 2.86 bits per heavy atom. The smallest absolute Gasteiger partial charge is 0.194 e. The molecule has 1 N–H and O–H groups in total.